The van der Waals surface area contributed by atoms with Gasteiger partial charge in [0.2, 0.25) is 0 Å². The van der Waals surface area contributed by atoms with Gasteiger partial charge in [-0.1, -0.05) is 206 Å². The molecule has 0 amide bonds. The van der Waals surface area contributed by atoms with E-state index in [1.54, 1.807) is 0 Å². The molecule has 2 heteroatoms. The molecule has 2 aliphatic rings. The molecule has 0 saturated heterocycles. The van der Waals surface area contributed by atoms with Gasteiger partial charge in [-0.3, -0.25) is 0 Å². The van der Waals surface area contributed by atoms with E-state index in [0.717, 1.165) is 17.1 Å². The molecule has 1 heterocycles. The number of hydrogen-bond acceptors (Lipinski definition) is 1. The zero-order valence-corrected chi connectivity index (χ0v) is 35.5. The van der Waals surface area contributed by atoms with Gasteiger partial charge in [0.05, 0.1) is 0 Å². The van der Waals surface area contributed by atoms with Crippen LogP contribution in [0.4, 0.5) is 17.1 Å². The molecule has 1 aliphatic carbocycles. The van der Waals surface area contributed by atoms with E-state index in [9.17, 15) is 0 Å². The third kappa shape index (κ3) is 5.40. The summed E-state index contributed by atoms with van der Waals surface area (Å²) in [6, 6.07) is 90.7. The van der Waals surface area contributed by atoms with E-state index in [1.807, 2.05) is 0 Å². The summed E-state index contributed by atoms with van der Waals surface area (Å²) >= 11 is 0. The average Bonchev–Trinajstić information content (AvgIpc) is 3.80. The standard InChI is InChI=1S/C60H43NSi/c1-60(56-29-11-7-25-52(56)53-26-8-12-30-57(53)60)46-20-16-21-48(41-46)61(49-38-35-42-17-5-6-18-44(42)39-49)47-36-33-43(34-37-47)45-19-15-24-51(40-45)62(50-22-3-2-4-23-50)58-31-13-9-27-54(58)55-28-10-14-32-59(55)62/h2-41H,1H3. The van der Waals surface area contributed by atoms with Crippen LogP contribution < -0.4 is 25.6 Å². The highest BCUT2D eigenvalue weighted by Gasteiger charge is 2.48. The van der Waals surface area contributed by atoms with E-state index >= 15 is 0 Å². The van der Waals surface area contributed by atoms with Crippen LogP contribution in [0.2, 0.25) is 0 Å². The van der Waals surface area contributed by atoms with Crippen molar-refractivity contribution < 1.29 is 0 Å². The Kier molecular flexibility index (Phi) is 8.38. The molecular formula is C60H43NSi. The molecule has 10 aromatic rings. The Bertz CT molecular complexity index is 3240. The Morgan fingerprint density at radius 3 is 1.56 bits per heavy atom. The van der Waals surface area contributed by atoms with Crippen LogP contribution in [-0.2, 0) is 5.41 Å². The van der Waals surface area contributed by atoms with Gasteiger partial charge in [0, 0.05) is 22.5 Å². The van der Waals surface area contributed by atoms with Crippen LogP contribution in [0.5, 0.6) is 0 Å². The Hall–Kier alpha value is -7.52. The fourth-order valence-electron chi connectivity index (χ4n) is 10.9. The maximum atomic E-state index is 2.48. The molecule has 0 aromatic heterocycles. The van der Waals surface area contributed by atoms with E-state index in [-0.39, 0.29) is 5.41 Å². The summed E-state index contributed by atoms with van der Waals surface area (Å²) in [6.07, 6.45) is 0. The van der Waals surface area contributed by atoms with Crippen molar-refractivity contribution in [2.45, 2.75) is 12.3 Å². The van der Waals surface area contributed by atoms with Crippen LogP contribution in [0.3, 0.4) is 0 Å². The maximum Gasteiger partial charge on any atom is 0.180 e. The topological polar surface area (TPSA) is 3.24 Å². The molecule has 10 aromatic carbocycles. The van der Waals surface area contributed by atoms with Gasteiger partial charge >= 0.3 is 0 Å². The van der Waals surface area contributed by atoms with Gasteiger partial charge < -0.3 is 4.90 Å². The molecule has 0 bridgehead atoms. The number of benzene rings is 10. The van der Waals surface area contributed by atoms with Gasteiger partial charge in [0.25, 0.3) is 0 Å². The summed E-state index contributed by atoms with van der Waals surface area (Å²) in [5.41, 5.74) is 14.8. The van der Waals surface area contributed by atoms with Gasteiger partial charge in [0.15, 0.2) is 8.07 Å². The Labute approximate surface area is 364 Å². The van der Waals surface area contributed by atoms with Crippen molar-refractivity contribution in [2.75, 3.05) is 4.90 Å². The molecule has 0 spiro atoms. The second-order valence-corrected chi connectivity index (χ2v) is 20.7. The van der Waals surface area contributed by atoms with Crippen LogP contribution in [0.15, 0.2) is 243 Å². The van der Waals surface area contributed by atoms with Gasteiger partial charge in [0.1, 0.15) is 0 Å². The van der Waals surface area contributed by atoms with E-state index in [2.05, 4.69) is 254 Å². The molecule has 292 valence electrons. The van der Waals surface area contributed by atoms with E-state index in [0.29, 0.717) is 0 Å². The third-order valence-electron chi connectivity index (χ3n) is 13.8. The van der Waals surface area contributed by atoms with Crippen molar-refractivity contribution in [3.8, 4) is 33.4 Å². The molecule has 0 fully saturated rings. The first-order valence-electron chi connectivity index (χ1n) is 21.7. The second kappa shape index (κ2) is 14.3. The summed E-state index contributed by atoms with van der Waals surface area (Å²) in [6.45, 7) is 2.40. The number of fused-ring (bicyclic) bond motifs is 7. The fourth-order valence-corrected chi connectivity index (χ4v) is 16.1. The SMILES string of the molecule is CC1(c2cccc(N(c3ccc(-c4cccc([Si]5(c6ccccc6)c6ccccc6-c6ccccc65)c4)cc3)c3ccc4ccccc4c3)c2)c2ccccc2-c2ccccc21. The van der Waals surface area contributed by atoms with E-state index in [4.69, 9.17) is 0 Å². The summed E-state index contributed by atoms with van der Waals surface area (Å²) in [5.74, 6) is 0. The fraction of sp³-hybridized carbons (Fsp3) is 0.0333. The van der Waals surface area contributed by atoms with Crippen LogP contribution >= 0.6 is 0 Å². The van der Waals surface area contributed by atoms with Crippen molar-refractivity contribution in [3.63, 3.8) is 0 Å². The average molecular weight is 806 g/mol. The quantitative estimate of drug-likeness (QED) is 0.145. The minimum Gasteiger partial charge on any atom is -0.310 e. The lowest BCUT2D eigenvalue weighted by atomic mass is 9.74. The lowest BCUT2D eigenvalue weighted by Crippen LogP contribution is -2.72. The third-order valence-corrected chi connectivity index (χ3v) is 18.7. The monoisotopic (exact) mass is 805 g/mol. The Morgan fingerprint density at radius 1 is 0.339 bits per heavy atom. The number of nitrogens with zero attached hydrogens (tertiary/aromatic N) is 1. The summed E-state index contributed by atoms with van der Waals surface area (Å²) in [7, 11) is -2.61. The van der Waals surface area contributed by atoms with Crippen molar-refractivity contribution in [1.82, 2.24) is 0 Å². The highest BCUT2D eigenvalue weighted by atomic mass is 28.3. The molecule has 1 aliphatic heterocycles. The van der Waals surface area contributed by atoms with Crippen molar-refractivity contribution in [2.24, 2.45) is 0 Å². The lowest BCUT2D eigenvalue weighted by Gasteiger charge is -2.32. The molecule has 0 radical (unpaired) electrons. The molecular weight excluding hydrogens is 763 g/mol. The zero-order valence-electron chi connectivity index (χ0n) is 34.5. The first kappa shape index (κ1) is 36.3. The van der Waals surface area contributed by atoms with E-state index in [1.165, 1.54) is 81.6 Å². The van der Waals surface area contributed by atoms with Crippen LogP contribution in [-0.4, -0.2) is 8.07 Å². The molecule has 0 N–H and O–H groups in total. The van der Waals surface area contributed by atoms with Gasteiger partial charge in [-0.25, -0.2) is 0 Å². The highest BCUT2D eigenvalue weighted by molar-refractivity contribution is 7.22. The molecule has 0 saturated carbocycles. The van der Waals surface area contributed by atoms with Crippen molar-refractivity contribution in [1.29, 1.82) is 0 Å². The highest BCUT2D eigenvalue weighted by Crippen LogP contribution is 2.53. The Morgan fingerprint density at radius 2 is 0.871 bits per heavy atom. The molecule has 12 rings (SSSR count). The van der Waals surface area contributed by atoms with Gasteiger partial charge in [-0.2, -0.15) is 0 Å². The first-order valence-corrected chi connectivity index (χ1v) is 23.7. The second-order valence-electron chi connectivity index (χ2n) is 17.0. The molecule has 62 heavy (non-hydrogen) atoms. The van der Waals surface area contributed by atoms with Crippen molar-refractivity contribution >= 4 is 56.7 Å². The minimum atomic E-state index is -2.61. The predicted molar refractivity (Wildman–Crippen MR) is 264 cm³/mol. The largest absolute Gasteiger partial charge is 0.310 e. The predicted octanol–water partition coefficient (Wildman–Crippen LogP) is 12.7. The maximum absolute atomic E-state index is 2.61. The lowest BCUT2D eigenvalue weighted by molar-refractivity contribution is 0.714. The number of anilines is 3. The first-order chi connectivity index (χ1) is 30.6. The minimum absolute atomic E-state index is 0.298. The number of hydrogen-bond donors (Lipinski definition) is 0. The van der Waals surface area contributed by atoms with Gasteiger partial charge in [-0.15, -0.1) is 0 Å². The molecule has 0 unspecified atom stereocenters. The summed E-state index contributed by atoms with van der Waals surface area (Å²) in [5, 5.41) is 8.20. The van der Waals surface area contributed by atoms with Crippen LogP contribution in [0.25, 0.3) is 44.2 Å². The smallest absolute Gasteiger partial charge is 0.180 e. The normalized spacial score (nSPS) is 13.8. The van der Waals surface area contributed by atoms with Crippen molar-refractivity contribution in [3.05, 3.63) is 259 Å². The number of rotatable bonds is 7. The zero-order chi connectivity index (χ0) is 41.3. The van der Waals surface area contributed by atoms with Crippen LogP contribution in [0, 0.1) is 0 Å². The summed E-state index contributed by atoms with van der Waals surface area (Å²) in [4.78, 5) is 2.43. The molecule has 1 nitrogen and oxygen atoms in total. The molecule has 0 atom stereocenters. The summed E-state index contributed by atoms with van der Waals surface area (Å²) < 4.78 is 0. The Balaban J connectivity index is 0.986. The van der Waals surface area contributed by atoms with Gasteiger partial charge in [-0.05, 0) is 125 Å². The van der Waals surface area contributed by atoms with Crippen LogP contribution in [0.1, 0.15) is 23.6 Å². The van der Waals surface area contributed by atoms with E-state index < -0.39 is 8.07 Å².